The number of carbonyl (C=O) groups excluding carboxylic acids is 2. The number of hydrogen-bond donors (Lipinski definition) is 1. The summed E-state index contributed by atoms with van der Waals surface area (Å²) in [6, 6.07) is 15.0. The van der Waals surface area contributed by atoms with Crippen molar-refractivity contribution >= 4 is 11.8 Å². The molecular weight excluding hydrogens is 352 g/mol. The third-order valence-electron chi connectivity index (χ3n) is 5.16. The van der Waals surface area contributed by atoms with Gasteiger partial charge in [-0.3, -0.25) is 14.5 Å². The van der Waals surface area contributed by atoms with Crippen LogP contribution in [0.2, 0.25) is 0 Å². The van der Waals surface area contributed by atoms with Gasteiger partial charge >= 0.3 is 0 Å². The van der Waals surface area contributed by atoms with Crippen LogP contribution in [0.5, 0.6) is 5.75 Å². The quantitative estimate of drug-likeness (QED) is 0.710. The van der Waals surface area contributed by atoms with E-state index in [0.717, 1.165) is 17.9 Å². The highest BCUT2D eigenvalue weighted by Crippen LogP contribution is 2.21. The van der Waals surface area contributed by atoms with E-state index in [-0.39, 0.29) is 17.9 Å². The van der Waals surface area contributed by atoms with Gasteiger partial charge < -0.3 is 10.1 Å². The van der Waals surface area contributed by atoms with Crippen molar-refractivity contribution in [1.29, 1.82) is 0 Å². The van der Waals surface area contributed by atoms with E-state index in [0.29, 0.717) is 26.0 Å². The Kier molecular flexibility index (Phi) is 6.47. The van der Waals surface area contributed by atoms with Crippen molar-refractivity contribution in [2.75, 3.05) is 13.2 Å². The Morgan fingerprint density at radius 1 is 1.04 bits per heavy atom. The highest BCUT2D eigenvalue weighted by atomic mass is 16.5. The Balaban J connectivity index is 1.50. The molecule has 1 fully saturated rings. The van der Waals surface area contributed by atoms with Crippen LogP contribution in [0.4, 0.5) is 0 Å². The molecule has 1 saturated heterocycles. The zero-order valence-corrected chi connectivity index (χ0v) is 16.8. The number of ether oxygens (including phenoxy) is 1. The molecule has 0 aromatic heterocycles. The van der Waals surface area contributed by atoms with Crippen LogP contribution in [-0.2, 0) is 16.1 Å². The predicted molar refractivity (Wildman–Crippen MR) is 109 cm³/mol. The fourth-order valence-corrected chi connectivity index (χ4v) is 3.35. The molecule has 1 N–H and O–H groups in total. The van der Waals surface area contributed by atoms with Gasteiger partial charge in [-0.1, -0.05) is 42.0 Å². The molecule has 0 spiro atoms. The zero-order valence-electron chi connectivity index (χ0n) is 16.8. The Labute approximate surface area is 166 Å². The maximum atomic E-state index is 11.6. The normalized spacial score (nSPS) is 15.2. The fourth-order valence-electron chi connectivity index (χ4n) is 3.35. The van der Waals surface area contributed by atoms with Crippen molar-refractivity contribution in [3.8, 4) is 5.75 Å². The van der Waals surface area contributed by atoms with Crippen LogP contribution in [0.3, 0.4) is 0 Å². The number of aryl methyl sites for hydroxylation is 2. The summed E-state index contributed by atoms with van der Waals surface area (Å²) < 4.78 is 5.79. The van der Waals surface area contributed by atoms with E-state index < -0.39 is 0 Å². The molecule has 1 aliphatic heterocycles. The van der Waals surface area contributed by atoms with Gasteiger partial charge in [-0.25, -0.2) is 0 Å². The van der Waals surface area contributed by atoms with E-state index >= 15 is 0 Å². The topological polar surface area (TPSA) is 58.6 Å². The third kappa shape index (κ3) is 4.98. The van der Waals surface area contributed by atoms with Crippen molar-refractivity contribution in [3.63, 3.8) is 0 Å². The summed E-state index contributed by atoms with van der Waals surface area (Å²) in [5, 5.41) is 3.55. The second-order valence-electron chi connectivity index (χ2n) is 7.40. The van der Waals surface area contributed by atoms with Gasteiger partial charge in [0.1, 0.15) is 12.4 Å². The molecule has 1 aliphatic rings. The van der Waals surface area contributed by atoms with Crippen LogP contribution in [-0.4, -0.2) is 29.9 Å². The summed E-state index contributed by atoms with van der Waals surface area (Å²) in [6.07, 6.45) is 0.640. The summed E-state index contributed by atoms with van der Waals surface area (Å²) in [5.41, 5.74) is 4.77. The number of rotatable bonds is 8. The standard InChI is InChI=1S/C23H28N2O3/c1-16-4-7-20(8-5-16)18(3)24-15-19-6-9-21(17(2)14-19)28-13-12-25-22(26)10-11-23(25)27/h4-9,14,18,24H,10-13,15H2,1-3H3. The van der Waals surface area contributed by atoms with Crippen molar-refractivity contribution in [2.24, 2.45) is 0 Å². The van der Waals surface area contributed by atoms with Crippen LogP contribution in [0.15, 0.2) is 42.5 Å². The van der Waals surface area contributed by atoms with E-state index in [1.54, 1.807) is 0 Å². The highest BCUT2D eigenvalue weighted by Gasteiger charge is 2.28. The van der Waals surface area contributed by atoms with Crippen molar-refractivity contribution in [2.45, 2.75) is 46.2 Å². The Morgan fingerprint density at radius 3 is 2.36 bits per heavy atom. The van der Waals surface area contributed by atoms with E-state index in [1.807, 2.05) is 19.1 Å². The van der Waals surface area contributed by atoms with E-state index in [9.17, 15) is 9.59 Å². The molecule has 2 amide bonds. The molecule has 2 aromatic rings. The van der Waals surface area contributed by atoms with Gasteiger partial charge in [0.15, 0.2) is 0 Å². The monoisotopic (exact) mass is 380 g/mol. The average Bonchev–Trinajstić information content (AvgIpc) is 3.00. The second kappa shape index (κ2) is 9.02. The lowest BCUT2D eigenvalue weighted by molar-refractivity contribution is -0.138. The van der Waals surface area contributed by atoms with Crippen LogP contribution in [0, 0.1) is 13.8 Å². The average molecular weight is 380 g/mol. The van der Waals surface area contributed by atoms with Gasteiger partial charge in [-0.05, 0) is 43.5 Å². The summed E-state index contributed by atoms with van der Waals surface area (Å²) in [6.45, 7) is 7.67. The van der Waals surface area contributed by atoms with E-state index in [2.05, 4.69) is 49.5 Å². The van der Waals surface area contributed by atoms with Gasteiger partial charge in [-0.15, -0.1) is 0 Å². The Hall–Kier alpha value is -2.66. The smallest absolute Gasteiger partial charge is 0.229 e. The number of nitrogens with one attached hydrogen (secondary N) is 1. The molecule has 1 atom stereocenters. The number of nitrogens with zero attached hydrogens (tertiary/aromatic N) is 1. The molecule has 1 unspecified atom stereocenters. The van der Waals surface area contributed by atoms with Crippen molar-refractivity contribution in [3.05, 3.63) is 64.7 Å². The minimum atomic E-state index is -0.102. The molecule has 28 heavy (non-hydrogen) atoms. The minimum Gasteiger partial charge on any atom is -0.491 e. The molecule has 0 bridgehead atoms. The van der Waals surface area contributed by atoms with Crippen LogP contribution in [0.25, 0.3) is 0 Å². The van der Waals surface area contributed by atoms with Crippen LogP contribution < -0.4 is 10.1 Å². The molecule has 0 saturated carbocycles. The molecule has 0 aliphatic carbocycles. The fraction of sp³-hybridized carbons (Fsp3) is 0.391. The number of amides is 2. The number of likely N-dealkylation sites (tertiary alicyclic amines) is 1. The molecule has 5 heteroatoms. The van der Waals surface area contributed by atoms with Gasteiger partial charge in [0, 0.05) is 25.4 Å². The lowest BCUT2D eigenvalue weighted by Crippen LogP contribution is -2.33. The maximum Gasteiger partial charge on any atom is 0.229 e. The Bertz CT molecular complexity index is 829. The Morgan fingerprint density at radius 2 is 1.71 bits per heavy atom. The third-order valence-corrected chi connectivity index (χ3v) is 5.16. The number of benzene rings is 2. The number of imide groups is 1. The molecule has 0 radical (unpaired) electrons. The lowest BCUT2D eigenvalue weighted by atomic mass is 10.1. The molecule has 1 heterocycles. The molecule has 3 rings (SSSR count). The van der Waals surface area contributed by atoms with Crippen LogP contribution >= 0.6 is 0 Å². The highest BCUT2D eigenvalue weighted by molar-refractivity contribution is 6.01. The van der Waals surface area contributed by atoms with Gasteiger partial charge in [0.25, 0.3) is 0 Å². The van der Waals surface area contributed by atoms with E-state index in [4.69, 9.17) is 4.74 Å². The summed E-state index contributed by atoms with van der Waals surface area (Å²) >= 11 is 0. The van der Waals surface area contributed by atoms with Gasteiger partial charge in [0.2, 0.25) is 11.8 Å². The number of hydrogen-bond acceptors (Lipinski definition) is 4. The maximum absolute atomic E-state index is 11.6. The first kappa shape index (κ1) is 20.1. The molecule has 148 valence electrons. The van der Waals surface area contributed by atoms with Gasteiger partial charge in [0.05, 0.1) is 6.54 Å². The largest absolute Gasteiger partial charge is 0.491 e. The van der Waals surface area contributed by atoms with E-state index in [1.165, 1.54) is 21.6 Å². The molecule has 5 nitrogen and oxygen atoms in total. The van der Waals surface area contributed by atoms with Gasteiger partial charge in [-0.2, -0.15) is 0 Å². The van der Waals surface area contributed by atoms with Crippen molar-refractivity contribution < 1.29 is 14.3 Å². The first-order valence-corrected chi connectivity index (χ1v) is 9.79. The lowest BCUT2D eigenvalue weighted by Gasteiger charge is -2.17. The SMILES string of the molecule is Cc1ccc(C(C)NCc2ccc(OCCN3C(=O)CCC3=O)c(C)c2)cc1. The second-order valence-corrected chi connectivity index (χ2v) is 7.40. The predicted octanol–water partition coefficient (Wildman–Crippen LogP) is 3.68. The zero-order chi connectivity index (χ0) is 20.1. The first-order chi connectivity index (χ1) is 13.4. The number of carbonyl (C=O) groups is 2. The summed E-state index contributed by atoms with van der Waals surface area (Å²) in [7, 11) is 0. The molecular formula is C23H28N2O3. The summed E-state index contributed by atoms with van der Waals surface area (Å²) in [4.78, 5) is 24.5. The van der Waals surface area contributed by atoms with Crippen LogP contribution in [0.1, 0.15) is 48.1 Å². The summed E-state index contributed by atoms with van der Waals surface area (Å²) in [5.74, 6) is 0.582. The molecule has 2 aromatic carbocycles. The minimum absolute atomic E-state index is 0.102. The first-order valence-electron chi connectivity index (χ1n) is 9.79. The van der Waals surface area contributed by atoms with Crippen molar-refractivity contribution in [1.82, 2.24) is 10.2 Å².